The maximum atomic E-state index is 10.5. The molecule has 0 fully saturated rings. The average molecular weight is 210 g/mol. The average Bonchev–Trinajstić information content (AvgIpc) is 2.71. The van der Waals surface area contributed by atoms with E-state index in [1.807, 2.05) is 30.1 Å². The zero-order chi connectivity index (χ0) is 10.1. The first kappa shape index (κ1) is 9.02. The number of nitrogens with one attached hydrogen (secondary N) is 1. The summed E-state index contributed by atoms with van der Waals surface area (Å²) < 4.78 is 1.90. The summed E-state index contributed by atoms with van der Waals surface area (Å²) in [6.45, 7) is 0. The van der Waals surface area contributed by atoms with E-state index in [9.17, 15) is 4.79 Å². The third kappa shape index (κ3) is 1.44. The Morgan fingerprint density at radius 3 is 2.93 bits per heavy atom. The van der Waals surface area contributed by atoms with Crippen LogP contribution in [0.5, 0.6) is 0 Å². The van der Waals surface area contributed by atoms with Gasteiger partial charge in [0.1, 0.15) is 16.7 Å². The number of aldehydes is 1. The molecule has 72 valence electrons. The van der Waals surface area contributed by atoms with E-state index in [1.165, 1.54) is 0 Å². The van der Waals surface area contributed by atoms with Crippen LogP contribution in [0, 0.1) is 0 Å². The van der Waals surface area contributed by atoms with Crippen LogP contribution in [0.3, 0.4) is 0 Å². The van der Waals surface area contributed by atoms with E-state index in [4.69, 9.17) is 11.6 Å². The normalized spacial score (nSPS) is 10.4. The van der Waals surface area contributed by atoms with Crippen LogP contribution in [-0.2, 0) is 7.05 Å². The van der Waals surface area contributed by atoms with Crippen LogP contribution in [0.2, 0.25) is 5.15 Å². The van der Waals surface area contributed by atoms with Gasteiger partial charge < -0.3 is 9.55 Å². The second-order valence-electron chi connectivity index (χ2n) is 2.97. The quantitative estimate of drug-likeness (QED) is 0.768. The molecule has 0 bridgehead atoms. The maximum Gasteiger partial charge on any atom is 0.171 e. The second kappa shape index (κ2) is 3.31. The van der Waals surface area contributed by atoms with Gasteiger partial charge in [-0.3, -0.25) is 4.79 Å². The van der Waals surface area contributed by atoms with Gasteiger partial charge in [0.25, 0.3) is 0 Å². The van der Waals surface area contributed by atoms with Gasteiger partial charge in [-0.2, -0.15) is 0 Å². The minimum absolute atomic E-state index is 0.241. The van der Waals surface area contributed by atoms with Crippen molar-refractivity contribution < 1.29 is 4.79 Å². The summed E-state index contributed by atoms with van der Waals surface area (Å²) in [5, 5.41) is 0.277. The predicted octanol–water partition coefficient (Wildman–Crippen LogP) is 1.88. The Bertz CT molecular complexity index is 472. The Labute approximate surface area is 85.5 Å². The zero-order valence-corrected chi connectivity index (χ0v) is 8.25. The molecule has 0 aromatic carbocycles. The molecule has 0 spiro atoms. The molecule has 0 unspecified atom stereocenters. The fourth-order valence-corrected chi connectivity index (χ4v) is 1.40. The van der Waals surface area contributed by atoms with Crippen molar-refractivity contribution in [2.75, 3.05) is 0 Å². The first-order chi connectivity index (χ1) is 6.70. The maximum absolute atomic E-state index is 10.5. The lowest BCUT2D eigenvalue weighted by Gasteiger charge is -1.88. The summed E-state index contributed by atoms with van der Waals surface area (Å²) in [4.78, 5) is 17.4. The van der Waals surface area contributed by atoms with Crippen molar-refractivity contribution in [1.29, 1.82) is 0 Å². The summed E-state index contributed by atoms with van der Waals surface area (Å²) in [5.41, 5.74) is 1.15. The van der Waals surface area contributed by atoms with Gasteiger partial charge in [-0.15, -0.1) is 0 Å². The number of halogens is 1. The number of carbonyl (C=O) groups is 1. The highest BCUT2D eigenvalue weighted by Gasteiger charge is 2.09. The first-order valence-electron chi connectivity index (χ1n) is 4.03. The van der Waals surface area contributed by atoms with Gasteiger partial charge in [0.05, 0.1) is 0 Å². The van der Waals surface area contributed by atoms with Gasteiger partial charge >= 0.3 is 0 Å². The molecule has 0 aliphatic heterocycles. The van der Waals surface area contributed by atoms with E-state index in [1.54, 1.807) is 0 Å². The molecule has 0 aliphatic carbocycles. The lowest BCUT2D eigenvalue weighted by Crippen LogP contribution is -1.81. The van der Waals surface area contributed by atoms with Crippen LogP contribution in [0.4, 0.5) is 0 Å². The smallest absolute Gasteiger partial charge is 0.171 e. The third-order valence-electron chi connectivity index (χ3n) is 1.90. The largest absolute Gasteiger partial charge is 0.357 e. The van der Waals surface area contributed by atoms with Crippen LogP contribution in [0.25, 0.3) is 11.4 Å². The highest BCUT2D eigenvalue weighted by molar-refractivity contribution is 6.31. The van der Waals surface area contributed by atoms with Crippen molar-refractivity contribution in [3.8, 4) is 11.4 Å². The van der Waals surface area contributed by atoms with Crippen LogP contribution in [0.15, 0.2) is 18.5 Å². The SMILES string of the molecule is Cn1ccc(-c2nc(C=O)c(Cl)[nH]2)c1. The summed E-state index contributed by atoms with van der Waals surface area (Å²) in [6, 6.07) is 1.89. The molecule has 2 aromatic rings. The van der Waals surface area contributed by atoms with Gasteiger partial charge in [-0.25, -0.2) is 4.98 Å². The van der Waals surface area contributed by atoms with Gasteiger partial charge in [-0.05, 0) is 6.07 Å². The van der Waals surface area contributed by atoms with Crippen molar-refractivity contribution in [3.63, 3.8) is 0 Å². The molecule has 0 radical (unpaired) electrons. The van der Waals surface area contributed by atoms with Crippen molar-refractivity contribution in [2.24, 2.45) is 7.05 Å². The highest BCUT2D eigenvalue weighted by atomic mass is 35.5. The predicted molar refractivity (Wildman–Crippen MR) is 53.4 cm³/mol. The van der Waals surface area contributed by atoms with Gasteiger partial charge in [0, 0.05) is 25.0 Å². The van der Waals surface area contributed by atoms with Gasteiger partial charge in [-0.1, -0.05) is 11.6 Å². The molecule has 5 heteroatoms. The number of hydrogen-bond donors (Lipinski definition) is 1. The lowest BCUT2D eigenvalue weighted by atomic mass is 10.3. The Morgan fingerprint density at radius 1 is 1.64 bits per heavy atom. The van der Waals surface area contributed by atoms with Gasteiger partial charge in [0.15, 0.2) is 6.29 Å². The molecule has 0 aliphatic rings. The standard InChI is InChI=1S/C9H8ClN3O/c1-13-3-2-6(4-13)9-11-7(5-14)8(10)12-9/h2-5H,1H3,(H,11,12). The second-order valence-corrected chi connectivity index (χ2v) is 3.35. The molecular weight excluding hydrogens is 202 g/mol. The van der Waals surface area contributed by atoms with Crippen LogP contribution in [0.1, 0.15) is 10.5 Å². The number of imidazole rings is 1. The molecule has 0 saturated carbocycles. The topological polar surface area (TPSA) is 50.7 Å². The molecule has 2 heterocycles. The number of nitrogens with zero attached hydrogens (tertiary/aromatic N) is 2. The van der Waals surface area contributed by atoms with Gasteiger partial charge in [0.2, 0.25) is 0 Å². The number of aryl methyl sites for hydroxylation is 1. The minimum Gasteiger partial charge on any atom is -0.357 e. The Kier molecular flexibility index (Phi) is 2.13. The fraction of sp³-hybridized carbons (Fsp3) is 0.111. The molecule has 4 nitrogen and oxygen atoms in total. The number of carbonyl (C=O) groups excluding carboxylic acids is 1. The number of aromatic nitrogens is 3. The molecule has 0 saturated heterocycles. The number of rotatable bonds is 2. The van der Waals surface area contributed by atoms with E-state index in [-0.39, 0.29) is 10.8 Å². The Morgan fingerprint density at radius 2 is 2.43 bits per heavy atom. The molecular formula is C9H8ClN3O. The lowest BCUT2D eigenvalue weighted by molar-refractivity contribution is 0.111. The molecule has 0 amide bonds. The highest BCUT2D eigenvalue weighted by Crippen LogP contribution is 2.20. The van der Waals surface area contributed by atoms with E-state index in [0.29, 0.717) is 12.1 Å². The Hall–Kier alpha value is -1.55. The summed E-state index contributed by atoms with van der Waals surface area (Å²) in [7, 11) is 1.91. The summed E-state index contributed by atoms with van der Waals surface area (Å²) in [6.07, 6.45) is 4.42. The van der Waals surface area contributed by atoms with Crippen LogP contribution < -0.4 is 0 Å². The molecule has 1 N–H and O–H groups in total. The zero-order valence-electron chi connectivity index (χ0n) is 7.49. The van der Waals surface area contributed by atoms with E-state index in [2.05, 4.69) is 9.97 Å². The molecule has 2 aromatic heterocycles. The van der Waals surface area contributed by atoms with E-state index < -0.39 is 0 Å². The van der Waals surface area contributed by atoms with Crippen LogP contribution >= 0.6 is 11.6 Å². The molecule has 2 rings (SSSR count). The van der Waals surface area contributed by atoms with E-state index in [0.717, 1.165) is 5.56 Å². The number of hydrogen-bond acceptors (Lipinski definition) is 2. The number of H-pyrrole nitrogens is 1. The fourth-order valence-electron chi connectivity index (χ4n) is 1.22. The minimum atomic E-state index is 0.241. The summed E-state index contributed by atoms with van der Waals surface area (Å²) >= 11 is 5.75. The monoisotopic (exact) mass is 209 g/mol. The first-order valence-corrected chi connectivity index (χ1v) is 4.41. The molecule has 14 heavy (non-hydrogen) atoms. The van der Waals surface area contributed by atoms with E-state index >= 15 is 0 Å². The van der Waals surface area contributed by atoms with Crippen molar-refractivity contribution in [3.05, 3.63) is 29.3 Å². The van der Waals surface area contributed by atoms with Crippen molar-refractivity contribution >= 4 is 17.9 Å². The number of aromatic amines is 1. The van der Waals surface area contributed by atoms with Crippen LogP contribution in [-0.4, -0.2) is 20.8 Å². The van der Waals surface area contributed by atoms with Crippen molar-refractivity contribution in [1.82, 2.24) is 14.5 Å². The Balaban J connectivity index is 2.47. The molecule has 0 atom stereocenters. The third-order valence-corrected chi connectivity index (χ3v) is 2.19. The summed E-state index contributed by atoms with van der Waals surface area (Å²) in [5.74, 6) is 0.609. The van der Waals surface area contributed by atoms with Crippen molar-refractivity contribution in [2.45, 2.75) is 0 Å².